The van der Waals surface area contributed by atoms with Crippen molar-refractivity contribution in [2.45, 2.75) is 40.0 Å². The molecule has 2 rings (SSSR count). The lowest BCUT2D eigenvalue weighted by Crippen LogP contribution is -2.29. The van der Waals surface area contributed by atoms with E-state index in [9.17, 15) is 0 Å². The minimum Gasteiger partial charge on any atom is -0.0991 e. The number of allylic oxidation sites excluding steroid dienone is 13. The van der Waals surface area contributed by atoms with Crippen LogP contribution >= 0.6 is 0 Å². The van der Waals surface area contributed by atoms with Gasteiger partial charge in [-0.05, 0) is 68.0 Å². The van der Waals surface area contributed by atoms with Gasteiger partial charge < -0.3 is 0 Å². The maximum atomic E-state index is 3.98. The molecule has 0 fully saturated rings. The molecule has 0 spiro atoms. The second-order valence-corrected chi connectivity index (χ2v) is 6.30. The Balaban J connectivity index is 3.10. The Kier molecular flexibility index (Phi) is 6.58. The first kappa shape index (κ1) is 19.7. The fraction of sp³-hybridized carbons (Fsp3) is 0.231. The first-order valence-electron chi connectivity index (χ1n) is 9.35. The van der Waals surface area contributed by atoms with Gasteiger partial charge in [0.25, 0.3) is 0 Å². The number of rotatable bonds is 5. The van der Waals surface area contributed by atoms with Crippen LogP contribution in [0.1, 0.15) is 45.7 Å². The van der Waals surface area contributed by atoms with Gasteiger partial charge in [-0.2, -0.15) is 0 Å². The van der Waals surface area contributed by atoms with Crippen molar-refractivity contribution in [3.05, 3.63) is 113 Å². The Morgan fingerprint density at radius 1 is 0.885 bits per heavy atom. The van der Waals surface area contributed by atoms with E-state index in [1.54, 1.807) is 0 Å². The van der Waals surface area contributed by atoms with Crippen LogP contribution < -0.4 is 0 Å². The van der Waals surface area contributed by atoms with Crippen LogP contribution in [0.3, 0.4) is 0 Å². The molecule has 0 aliphatic heterocycles. The van der Waals surface area contributed by atoms with Crippen LogP contribution in [0.5, 0.6) is 0 Å². The normalized spacial score (nSPS) is 24.2. The van der Waals surface area contributed by atoms with Gasteiger partial charge in [-0.3, -0.25) is 0 Å². The molecule has 1 unspecified atom stereocenters. The Morgan fingerprint density at radius 3 is 2.08 bits per heavy atom. The zero-order valence-electron chi connectivity index (χ0n) is 16.7. The van der Waals surface area contributed by atoms with E-state index >= 15 is 0 Å². The molecule has 134 valence electrons. The third-order valence-electron chi connectivity index (χ3n) is 5.06. The Morgan fingerprint density at radius 2 is 1.54 bits per heavy atom. The summed E-state index contributed by atoms with van der Waals surface area (Å²) >= 11 is 0. The fourth-order valence-corrected chi connectivity index (χ4v) is 4.24. The van der Waals surface area contributed by atoms with Gasteiger partial charge >= 0.3 is 0 Å². The molecule has 1 aliphatic carbocycles. The maximum absolute atomic E-state index is 3.98. The molecule has 0 bridgehead atoms. The van der Waals surface area contributed by atoms with Gasteiger partial charge in [0.1, 0.15) is 0 Å². The van der Waals surface area contributed by atoms with Crippen LogP contribution in [0.25, 0.3) is 5.57 Å². The van der Waals surface area contributed by atoms with Gasteiger partial charge in [0.2, 0.25) is 0 Å². The van der Waals surface area contributed by atoms with Crippen molar-refractivity contribution in [3.8, 4) is 0 Å². The zero-order chi connectivity index (χ0) is 19.2. The van der Waals surface area contributed by atoms with Gasteiger partial charge in [0.05, 0.1) is 5.41 Å². The molecule has 0 saturated heterocycles. The van der Waals surface area contributed by atoms with E-state index in [2.05, 4.69) is 114 Å². The predicted molar refractivity (Wildman–Crippen MR) is 117 cm³/mol. The molecule has 1 aromatic rings. The summed E-state index contributed by atoms with van der Waals surface area (Å²) in [5.74, 6) is 0. The monoisotopic (exact) mass is 342 g/mol. The van der Waals surface area contributed by atoms with Gasteiger partial charge in [0.15, 0.2) is 0 Å². The van der Waals surface area contributed by atoms with Gasteiger partial charge in [-0.15, -0.1) is 0 Å². The van der Waals surface area contributed by atoms with Crippen LogP contribution in [0, 0.1) is 0 Å². The largest absolute Gasteiger partial charge is 0.0991 e. The molecular weight excluding hydrogens is 312 g/mol. The molecule has 26 heavy (non-hydrogen) atoms. The molecule has 0 heteroatoms. The highest BCUT2D eigenvalue weighted by Gasteiger charge is 2.48. The molecular formula is C26H30. The summed E-state index contributed by atoms with van der Waals surface area (Å²) in [6.45, 7) is 14.5. The second kappa shape index (κ2) is 8.67. The summed E-state index contributed by atoms with van der Waals surface area (Å²) in [4.78, 5) is 0. The van der Waals surface area contributed by atoms with E-state index in [4.69, 9.17) is 0 Å². The summed E-state index contributed by atoms with van der Waals surface area (Å²) in [5, 5.41) is 0. The average Bonchev–Trinajstić information content (AvgIpc) is 2.96. The predicted octanol–water partition coefficient (Wildman–Crippen LogP) is 7.50. The molecule has 0 nitrogen and oxygen atoms in total. The molecule has 1 aromatic carbocycles. The fourth-order valence-electron chi connectivity index (χ4n) is 4.24. The van der Waals surface area contributed by atoms with Crippen molar-refractivity contribution < 1.29 is 0 Å². The van der Waals surface area contributed by atoms with E-state index in [0.29, 0.717) is 0 Å². The number of fused-ring (bicyclic) bond motifs is 1. The second-order valence-electron chi connectivity index (χ2n) is 6.30. The van der Waals surface area contributed by atoms with Gasteiger partial charge in [-0.25, -0.2) is 0 Å². The first-order valence-corrected chi connectivity index (χ1v) is 9.35. The lowest BCUT2D eigenvalue weighted by Gasteiger charge is -2.36. The number of benzene rings is 1. The number of hydrogen-bond donors (Lipinski definition) is 0. The minimum absolute atomic E-state index is 0.324. The van der Waals surface area contributed by atoms with E-state index < -0.39 is 0 Å². The van der Waals surface area contributed by atoms with Crippen LogP contribution in [0.15, 0.2) is 102 Å². The highest BCUT2D eigenvalue weighted by atomic mass is 14.5. The van der Waals surface area contributed by atoms with Crippen molar-refractivity contribution in [2.24, 2.45) is 0 Å². The number of hydrogen-bond acceptors (Lipinski definition) is 0. The third kappa shape index (κ3) is 2.90. The van der Waals surface area contributed by atoms with E-state index in [1.807, 2.05) is 6.08 Å². The summed E-state index contributed by atoms with van der Waals surface area (Å²) in [6.07, 6.45) is 19.5. The quantitative estimate of drug-likeness (QED) is 0.486. The summed E-state index contributed by atoms with van der Waals surface area (Å²) < 4.78 is 0. The van der Waals surface area contributed by atoms with Crippen LogP contribution in [0.2, 0.25) is 0 Å². The molecule has 0 amide bonds. The highest BCUT2D eigenvalue weighted by Crippen LogP contribution is 2.58. The molecule has 1 aliphatic rings. The summed E-state index contributed by atoms with van der Waals surface area (Å²) in [6, 6.07) is 8.77. The average molecular weight is 343 g/mol. The minimum atomic E-state index is -0.324. The van der Waals surface area contributed by atoms with E-state index in [1.165, 1.54) is 33.4 Å². The summed E-state index contributed by atoms with van der Waals surface area (Å²) in [7, 11) is 0. The maximum Gasteiger partial charge on any atom is 0.0706 e. The van der Waals surface area contributed by atoms with Crippen molar-refractivity contribution in [1.82, 2.24) is 0 Å². The Hall–Kier alpha value is -2.60. The van der Waals surface area contributed by atoms with E-state index in [-0.39, 0.29) is 5.41 Å². The van der Waals surface area contributed by atoms with Crippen LogP contribution in [-0.2, 0) is 5.41 Å². The van der Waals surface area contributed by atoms with E-state index in [0.717, 1.165) is 0 Å². The molecule has 0 radical (unpaired) electrons. The molecule has 0 saturated carbocycles. The van der Waals surface area contributed by atoms with Crippen molar-refractivity contribution >= 4 is 5.57 Å². The van der Waals surface area contributed by atoms with Crippen LogP contribution in [-0.4, -0.2) is 0 Å². The lowest BCUT2D eigenvalue weighted by atomic mass is 9.66. The lowest BCUT2D eigenvalue weighted by molar-refractivity contribution is 0.762. The van der Waals surface area contributed by atoms with Crippen molar-refractivity contribution in [1.29, 1.82) is 0 Å². The molecule has 0 N–H and O–H groups in total. The van der Waals surface area contributed by atoms with Gasteiger partial charge in [0, 0.05) is 0 Å². The standard InChI is InChI=1S/C26H30/c1-7-15-20(10-4)26(21(16-8-2)17-9-3)24(12-6)22(11-5)23-18-13-14-19-25(23)26/h7-19H,2H2,1,3-6H3/b15-7-,17-9-,20-10+,21-16+,22-11-,24-12+. The molecule has 0 aromatic heterocycles. The van der Waals surface area contributed by atoms with Crippen molar-refractivity contribution in [2.75, 3.05) is 0 Å². The molecule has 0 heterocycles. The first-order chi connectivity index (χ1) is 12.7. The topological polar surface area (TPSA) is 0 Å². The van der Waals surface area contributed by atoms with Crippen molar-refractivity contribution in [3.63, 3.8) is 0 Å². The Labute approximate surface area is 159 Å². The zero-order valence-corrected chi connectivity index (χ0v) is 16.7. The highest BCUT2D eigenvalue weighted by molar-refractivity contribution is 5.94. The molecule has 1 atom stereocenters. The Bertz CT molecular complexity index is 846. The summed E-state index contributed by atoms with van der Waals surface area (Å²) in [5.41, 5.74) is 7.48. The smallest absolute Gasteiger partial charge is 0.0706 e. The SMILES string of the molecule is C=C/C=C(\C=C/C)C1(C(/C=C\C)=C/C)C(=C/C)/C(=C\C)c2ccccc21. The van der Waals surface area contributed by atoms with Gasteiger partial charge in [-0.1, -0.05) is 85.5 Å². The van der Waals surface area contributed by atoms with Crippen LogP contribution in [0.4, 0.5) is 0 Å². The third-order valence-corrected chi connectivity index (χ3v) is 5.06.